The molecule has 1 aromatic rings. The van der Waals surface area contributed by atoms with Crippen molar-refractivity contribution in [2.24, 2.45) is 0 Å². The van der Waals surface area contributed by atoms with E-state index < -0.39 is 0 Å². The molecule has 1 atom stereocenters. The van der Waals surface area contributed by atoms with Gasteiger partial charge in [-0.2, -0.15) is 4.37 Å². The summed E-state index contributed by atoms with van der Waals surface area (Å²) in [7, 11) is 3.58. The van der Waals surface area contributed by atoms with Gasteiger partial charge in [0.1, 0.15) is 11.9 Å². The van der Waals surface area contributed by atoms with E-state index in [4.69, 9.17) is 0 Å². The normalized spacial score (nSPS) is 19.5. The van der Waals surface area contributed by atoms with Crippen molar-refractivity contribution >= 4 is 22.6 Å². The van der Waals surface area contributed by atoms with Crippen molar-refractivity contribution < 1.29 is 4.79 Å². The van der Waals surface area contributed by atoms with Crippen LogP contribution in [-0.2, 0) is 11.2 Å². The first-order chi connectivity index (χ1) is 9.13. The van der Waals surface area contributed by atoms with E-state index >= 15 is 0 Å². The number of rotatable bonds is 4. The molecule has 1 N–H and O–H groups in total. The van der Waals surface area contributed by atoms with Gasteiger partial charge in [-0.05, 0) is 6.42 Å². The number of carbonyl (C=O) groups is 1. The number of carbonyl (C=O) groups excluding carboxylic acids is 1. The third-order valence-electron chi connectivity index (χ3n) is 3.15. The maximum absolute atomic E-state index is 12.2. The molecule has 1 aromatic heterocycles. The highest BCUT2D eigenvalue weighted by Gasteiger charge is 2.31. The number of nitrogens with one attached hydrogen (secondary N) is 1. The van der Waals surface area contributed by atoms with Crippen molar-refractivity contribution in [1.29, 1.82) is 0 Å². The van der Waals surface area contributed by atoms with Crippen LogP contribution in [0.4, 0.5) is 5.13 Å². The molecule has 2 heterocycles. The predicted molar refractivity (Wildman–Crippen MR) is 76.6 cm³/mol. The minimum atomic E-state index is -0.175. The van der Waals surface area contributed by atoms with E-state index in [0.29, 0.717) is 6.54 Å². The topological polar surface area (TPSA) is 61.4 Å². The minimum Gasteiger partial charge on any atom is -0.347 e. The van der Waals surface area contributed by atoms with Crippen LogP contribution in [0.15, 0.2) is 0 Å². The smallest absolute Gasteiger partial charge is 0.246 e. The number of hydrogen-bond acceptors (Lipinski definition) is 6. The van der Waals surface area contributed by atoms with Crippen molar-refractivity contribution in [3.63, 3.8) is 0 Å². The molecule has 1 amide bonds. The first-order valence-corrected chi connectivity index (χ1v) is 7.42. The largest absolute Gasteiger partial charge is 0.347 e. The maximum atomic E-state index is 12.2. The third kappa shape index (κ3) is 3.22. The Morgan fingerprint density at radius 3 is 3.05 bits per heavy atom. The van der Waals surface area contributed by atoms with Gasteiger partial charge in [0.15, 0.2) is 0 Å². The number of nitrogens with zero attached hydrogens (tertiary/aromatic N) is 4. The van der Waals surface area contributed by atoms with Crippen LogP contribution in [0.1, 0.15) is 19.2 Å². The predicted octanol–water partition coefficient (Wildman–Crippen LogP) is 0.357. The zero-order valence-corrected chi connectivity index (χ0v) is 12.5. The number of likely N-dealkylation sites (N-methyl/N-ethyl adjacent to an activating group) is 1. The molecule has 1 aliphatic heterocycles. The lowest BCUT2D eigenvalue weighted by molar-refractivity contribution is -0.130. The summed E-state index contributed by atoms with van der Waals surface area (Å²) in [6, 6.07) is -0.175. The lowest BCUT2D eigenvalue weighted by Gasteiger charge is -2.35. The molecule has 1 saturated heterocycles. The number of aryl methyl sites for hydroxylation is 1. The molecule has 1 fully saturated rings. The van der Waals surface area contributed by atoms with Crippen LogP contribution in [0.2, 0.25) is 0 Å². The van der Waals surface area contributed by atoms with E-state index in [2.05, 4.69) is 26.5 Å². The molecular weight excluding hydrogens is 262 g/mol. The van der Waals surface area contributed by atoms with Crippen LogP contribution in [-0.4, -0.2) is 59.9 Å². The first-order valence-electron chi connectivity index (χ1n) is 6.64. The number of anilines is 1. The van der Waals surface area contributed by atoms with Gasteiger partial charge in [-0.25, -0.2) is 4.98 Å². The van der Waals surface area contributed by atoms with Gasteiger partial charge in [-0.1, -0.05) is 6.92 Å². The SMILES string of the molecule is CCCc1nsc(N2CCNCC2C(=O)N(C)C)n1. The molecule has 0 bridgehead atoms. The molecule has 6 nitrogen and oxygen atoms in total. The summed E-state index contributed by atoms with van der Waals surface area (Å²) < 4.78 is 4.36. The molecule has 0 aliphatic carbocycles. The Kier molecular flexibility index (Phi) is 4.71. The molecular formula is C12H21N5OS. The second-order valence-corrected chi connectivity index (χ2v) is 5.62. The number of aromatic nitrogens is 2. The van der Waals surface area contributed by atoms with Crippen LogP contribution >= 0.6 is 11.5 Å². The lowest BCUT2D eigenvalue weighted by Crippen LogP contribution is -2.57. The highest BCUT2D eigenvalue weighted by Crippen LogP contribution is 2.22. The average molecular weight is 283 g/mol. The van der Waals surface area contributed by atoms with E-state index in [1.54, 1.807) is 19.0 Å². The fourth-order valence-electron chi connectivity index (χ4n) is 2.14. The van der Waals surface area contributed by atoms with Gasteiger partial charge in [0.2, 0.25) is 11.0 Å². The van der Waals surface area contributed by atoms with E-state index in [9.17, 15) is 4.79 Å². The van der Waals surface area contributed by atoms with Crippen molar-refractivity contribution in [2.45, 2.75) is 25.8 Å². The molecule has 106 valence electrons. The highest BCUT2D eigenvalue weighted by molar-refractivity contribution is 7.09. The second-order valence-electron chi connectivity index (χ2n) is 4.89. The van der Waals surface area contributed by atoms with E-state index in [-0.39, 0.29) is 11.9 Å². The molecule has 0 radical (unpaired) electrons. The summed E-state index contributed by atoms with van der Waals surface area (Å²) in [6.07, 6.45) is 1.94. The van der Waals surface area contributed by atoms with E-state index in [1.165, 1.54) is 11.5 Å². The highest BCUT2D eigenvalue weighted by atomic mass is 32.1. The van der Waals surface area contributed by atoms with Crippen molar-refractivity contribution in [2.75, 3.05) is 38.6 Å². The Morgan fingerprint density at radius 2 is 2.37 bits per heavy atom. The van der Waals surface area contributed by atoms with Gasteiger partial charge in [0.05, 0.1) is 0 Å². The Hall–Kier alpha value is -1.21. The standard InChI is InChI=1S/C12H21N5OS/c1-4-5-10-14-12(19-15-10)17-7-6-13-8-9(17)11(18)16(2)3/h9,13H,4-8H2,1-3H3. The van der Waals surface area contributed by atoms with Crippen molar-refractivity contribution in [3.8, 4) is 0 Å². The molecule has 1 aliphatic rings. The van der Waals surface area contributed by atoms with Gasteiger partial charge < -0.3 is 15.1 Å². The summed E-state index contributed by atoms with van der Waals surface area (Å²) in [5, 5.41) is 4.14. The fraction of sp³-hybridized carbons (Fsp3) is 0.750. The summed E-state index contributed by atoms with van der Waals surface area (Å²) in [5.74, 6) is 0.997. The zero-order valence-electron chi connectivity index (χ0n) is 11.7. The van der Waals surface area contributed by atoms with Crippen molar-refractivity contribution in [1.82, 2.24) is 19.6 Å². The van der Waals surface area contributed by atoms with Crippen LogP contribution in [0.5, 0.6) is 0 Å². The lowest BCUT2D eigenvalue weighted by atomic mass is 10.2. The number of amides is 1. The molecule has 0 aromatic carbocycles. The van der Waals surface area contributed by atoms with E-state index in [0.717, 1.165) is 36.9 Å². The Morgan fingerprint density at radius 1 is 1.58 bits per heavy atom. The van der Waals surface area contributed by atoms with Gasteiger partial charge >= 0.3 is 0 Å². The quantitative estimate of drug-likeness (QED) is 0.864. The van der Waals surface area contributed by atoms with Gasteiger partial charge in [0.25, 0.3) is 0 Å². The van der Waals surface area contributed by atoms with Crippen molar-refractivity contribution in [3.05, 3.63) is 5.82 Å². The molecule has 1 unspecified atom stereocenters. The summed E-state index contributed by atoms with van der Waals surface area (Å²) in [6.45, 7) is 4.45. The zero-order chi connectivity index (χ0) is 13.8. The van der Waals surface area contributed by atoms with Gasteiger partial charge in [-0.15, -0.1) is 0 Å². The fourth-order valence-corrected chi connectivity index (χ4v) is 2.93. The average Bonchev–Trinajstić information content (AvgIpc) is 2.87. The molecule has 0 saturated carbocycles. The van der Waals surface area contributed by atoms with Gasteiger partial charge in [-0.3, -0.25) is 4.79 Å². The van der Waals surface area contributed by atoms with Crippen LogP contribution in [0.3, 0.4) is 0 Å². The van der Waals surface area contributed by atoms with Crippen LogP contribution < -0.4 is 10.2 Å². The Bertz CT molecular complexity index is 434. The minimum absolute atomic E-state index is 0.111. The maximum Gasteiger partial charge on any atom is 0.246 e. The van der Waals surface area contributed by atoms with Gasteiger partial charge in [0, 0.05) is 51.7 Å². The van der Waals surface area contributed by atoms with Crippen LogP contribution in [0, 0.1) is 0 Å². The Labute approximate surface area is 118 Å². The first kappa shape index (κ1) is 14.2. The monoisotopic (exact) mass is 283 g/mol. The summed E-state index contributed by atoms with van der Waals surface area (Å²) >= 11 is 1.40. The molecule has 19 heavy (non-hydrogen) atoms. The number of hydrogen-bond donors (Lipinski definition) is 1. The summed E-state index contributed by atoms with van der Waals surface area (Å²) in [5.41, 5.74) is 0. The molecule has 2 rings (SSSR count). The van der Waals surface area contributed by atoms with Crippen LogP contribution in [0.25, 0.3) is 0 Å². The van der Waals surface area contributed by atoms with E-state index in [1.807, 2.05) is 0 Å². The Balaban J connectivity index is 2.16. The third-order valence-corrected chi connectivity index (χ3v) is 3.94. The molecule has 0 spiro atoms. The number of piperazine rings is 1. The second kappa shape index (κ2) is 6.29. The summed E-state index contributed by atoms with van der Waals surface area (Å²) in [4.78, 5) is 20.5. The molecule has 7 heteroatoms.